The van der Waals surface area contributed by atoms with Gasteiger partial charge in [-0.2, -0.15) is 0 Å². The van der Waals surface area contributed by atoms with Gasteiger partial charge in [0, 0.05) is 17.8 Å². The number of carbonyl (C=O) groups excluding carboxylic acids is 1. The van der Waals surface area contributed by atoms with Crippen molar-refractivity contribution in [1.29, 1.82) is 0 Å². The minimum Gasteiger partial charge on any atom is -0.423 e. The summed E-state index contributed by atoms with van der Waals surface area (Å²) in [5.74, 6) is 0.481. The minimum absolute atomic E-state index is 0.0392. The number of nitrogens with zero attached hydrogens (tertiary/aromatic N) is 2. The van der Waals surface area contributed by atoms with Crippen LogP contribution in [0.15, 0.2) is 35.1 Å². The number of nitrogens with one attached hydrogen (secondary N) is 2. The monoisotopic (exact) mass is 286 g/mol. The van der Waals surface area contributed by atoms with Crippen molar-refractivity contribution in [2.24, 2.45) is 5.41 Å². The van der Waals surface area contributed by atoms with Crippen molar-refractivity contribution in [3.63, 3.8) is 0 Å². The number of amides is 1. The number of aromatic nitrogens is 2. The van der Waals surface area contributed by atoms with Gasteiger partial charge in [-0.15, -0.1) is 10.2 Å². The van der Waals surface area contributed by atoms with Gasteiger partial charge in [0.05, 0.1) is 5.41 Å². The molecule has 0 radical (unpaired) electrons. The molecule has 21 heavy (non-hydrogen) atoms. The van der Waals surface area contributed by atoms with Crippen LogP contribution in [-0.2, 0) is 4.79 Å². The summed E-state index contributed by atoms with van der Waals surface area (Å²) in [6.07, 6.45) is 3.20. The van der Waals surface area contributed by atoms with Crippen LogP contribution < -0.4 is 10.6 Å². The molecule has 6 heteroatoms. The zero-order chi connectivity index (χ0) is 14.7. The molecule has 0 aliphatic carbocycles. The van der Waals surface area contributed by atoms with E-state index in [4.69, 9.17) is 4.42 Å². The van der Waals surface area contributed by atoms with Gasteiger partial charge in [-0.25, -0.2) is 0 Å². The molecule has 0 saturated carbocycles. The number of piperidine rings is 1. The third-order valence-corrected chi connectivity index (χ3v) is 3.87. The topological polar surface area (TPSA) is 80.1 Å². The van der Waals surface area contributed by atoms with Crippen molar-refractivity contribution in [2.75, 3.05) is 18.4 Å². The zero-order valence-corrected chi connectivity index (χ0v) is 11.9. The van der Waals surface area contributed by atoms with Gasteiger partial charge in [0.25, 0.3) is 0 Å². The Kier molecular flexibility index (Phi) is 3.70. The van der Waals surface area contributed by atoms with Crippen molar-refractivity contribution in [3.8, 4) is 11.5 Å². The van der Waals surface area contributed by atoms with E-state index >= 15 is 0 Å². The Morgan fingerprint density at radius 2 is 2.38 bits per heavy atom. The molecule has 1 saturated heterocycles. The van der Waals surface area contributed by atoms with Crippen LogP contribution in [0.2, 0.25) is 0 Å². The molecule has 2 aromatic rings. The lowest BCUT2D eigenvalue weighted by atomic mass is 9.82. The lowest BCUT2D eigenvalue weighted by Crippen LogP contribution is -2.46. The van der Waals surface area contributed by atoms with Gasteiger partial charge in [0.15, 0.2) is 0 Å². The van der Waals surface area contributed by atoms with Crippen molar-refractivity contribution >= 4 is 11.6 Å². The van der Waals surface area contributed by atoms with Crippen LogP contribution in [0.25, 0.3) is 11.5 Å². The number of anilines is 1. The maximum Gasteiger partial charge on any atom is 0.247 e. The van der Waals surface area contributed by atoms with Gasteiger partial charge in [-0.3, -0.25) is 4.79 Å². The highest BCUT2D eigenvalue weighted by Gasteiger charge is 2.34. The molecule has 1 atom stereocenters. The second kappa shape index (κ2) is 5.65. The Morgan fingerprint density at radius 3 is 3.10 bits per heavy atom. The summed E-state index contributed by atoms with van der Waals surface area (Å²) in [5, 5.41) is 13.8. The van der Waals surface area contributed by atoms with Crippen LogP contribution in [0, 0.1) is 5.41 Å². The largest absolute Gasteiger partial charge is 0.423 e. The Morgan fingerprint density at radius 1 is 1.48 bits per heavy atom. The quantitative estimate of drug-likeness (QED) is 0.902. The van der Waals surface area contributed by atoms with E-state index < -0.39 is 0 Å². The van der Waals surface area contributed by atoms with E-state index in [1.165, 1.54) is 6.39 Å². The molecule has 0 spiro atoms. The second-order valence-electron chi connectivity index (χ2n) is 5.62. The first-order valence-electron chi connectivity index (χ1n) is 7.06. The summed E-state index contributed by atoms with van der Waals surface area (Å²) in [7, 11) is 0. The minimum atomic E-state index is -0.362. The molecule has 2 heterocycles. The fourth-order valence-corrected chi connectivity index (χ4v) is 2.56. The smallest absolute Gasteiger partial charge is 0.247 e. The fourth-order valence-electron chi connectivity index (χ4n) is 2.56. The van der Waals surface area contributed by atoms with E-state index in [0.717, 1.165) is 30.6 Å². The highest BCUT2D eigenvalue weighted by Crippen LogP contribution is 2.28. The van der Waals surface area contributed by atoms with E-state index in [9.17, 15) is 4.79 Å². The van der Waals surface area contributed by atoms with E-state index in [1.54, 1.807) is 0 Å². The molecular formula is C15H18N4O2. The summed E-state index contributed by atoms with van der Waals surface area (Å²) in [5.41, 5.74) is 1.17. The Bertz CT molecular complexity index is 618. The number of hydrogen-bond donors (Lipinski definition) is 2. The lowest BCUT2D eigenvalue weighted by molar-refractivity contribution is -0.125. The molecule has 1 aliphatic heterocycles. The highest BCUT2D eigenvalue weighted by molar-refractivity contribution is 5.95. The van der Waals surface area contributed by atoms with Crippen molar-refractivity contribution in [2.45, 2.75) is 19.8 Å². The summed E-state index contributed by atoms with van der Waals surface area (Å²) in [4.78, 5) is 12.5. The molecule has 1 fully saturated rings. The van der Waals surface area contributed by atoms with Crippen molar-refractivity contribution < 1.29 is 9.21 Å². The standard InChI is InChI=1S/C15H18N4O2/c1-15(6-3-7-16-9-15)14(20)18-12-5-2-4-11(8-12)13-19-17-10-21-13/h2,4-5,8,10,16H,3,6-7,9H2,1H3,(H,18,20). The summed E-state index contributed by atoms with van der Waals surface area (Å²) in [6, 6.07) is 7.42. The first kappa shape index (κ1) is 13.8. The zero-order valence-electron chi connectivity index (χ0n) is 11.9. The summed E-state index contributed by atoms with van der Waals surface area (Å²) < 4.78 is 5.17. The van der Waals surface area contributed by atoms with Gasteiger partial charge in [0.1, 0.15) is 0 Å². The van der Waals surface area contributed by atoms with Crippen LogP contribution >= 0.6 is 0 Å². The summed E-state index contributed by atoms with van der Waals surface area (Å²) in [6.45, 7) is 3.69. The highest BCUT2D eigenvalue weighted by atomic mass is 16.4. The van der Waals surface area contributed by atoms with Crippen LogP contribution in [0.3, 0.4) is 0 Å². The Balaban J connectivity index is 1.76. The summed E-state index contributed by atoms with van der Waals surface area (Å²) >= 11 is 0. The van der Waals surface area contributed by atoms with Crippen molar-refractivity contribution in [1.82, 2.24) is 15.5 Å². The second-order valence-corrected chi connectivity index (χ2v) is 5.62. The van der Waals surface area contributed by atoms with E-state index in [0.29, 0.717) is 12.4 Å². The van der Waals surface area contributed by atoms with E-state index in [1.807, 2.05) is 31.2 Å². The van der Waals surface area contributed by atoms with Gasteiger partial charge in [0.2, 0.25) is 18.2 Å². The molecule has 1 aromatic heterocycles. The van der Waals surface area contributed by atoms with Gasteiger partial charge in [-0.05, 0) is 44.5 Å². The molecular weight excluding hydrogens is 268 g/mol. The third kappa shape index (κ3) is 2.95. The first-order valence-corrected chi connectivity index (χ1v) is 7.06. The first-order chi connectivity index (χ1) is 10.2. The van der Waals surface area contributed by atoms with Gasteiger partial charge >= 0.3 is 0 Å². The molecule has 1 aromatic carbocycles. The molecule has 1 unspecified atom stereocenters. The SMILES string of the molecule is CC1(C(=O)Nc2cccc(-c3nnco3)c2)CCCNC1. The van der Waals surface area contributed by atoms with Crippen LogP contribution in [0.1, 0.15) is 19.8 Å². The van der Waals surface area contributed by atoms with Crippen molar-refractivity contribution in [3.05, 3.63) is 30.7 Å². The lowest BCUT2D eigenvalue weighted by Gasteiger charge is -2.32. The average molecular weight is 286 g/mol. The molecule has 0 bridgehead atoms. The van der Waals surface area contributed by atoms with E-state index in [2.05, 4.69) is 20.8 Å². The molecule has 2 N–H and O–H groups in total. The molecule has 1 aliphatic rings. The maximum atomic E-state index is 12.5. The van der Waals surface area contributed by atoms with Gasteiger partial charge in [-0.1, -0.05) is 6.07 Å². The maximum absolute atomic E-state index is 12.5. The Labute approximate surface area is 123 Å². The number of hydrogen-bond acceptors (Lipinski definition) is 5. The van der Waals surface area contributed by atoms with Crippen LogP contribution in [-0.4, -0.2) is 29.2 Å². The Hall–Kier alpha value is -2.21. The molecule has 6 nitrogen and oxygen atoms in total. The normalized spacial score (nSPS) is 22.0. The molecule has 1 amide bonds. The predicted octanol–water partition coefficient (Wildman–Crippen LogP) is 2.06. The van der Waals surface area contributed by atoms with Gasteiger partial charge < -0.3 is 15.1 Å². The number of carbonyl (C=O) groups is 1. The van der Waals surface area contributed by atoms with E-state index in [-0.39, 0.29) is 11.3 Å². The molecule has 3 rings (SSSR count). The predicted molar refractivity (Wildman–Crippen MR) is 78.6 cm³/mol. The fraction of sp³-hybridized carbons (Fsp3) is 0.400. The average Bonchev–Trinajstić information content (AvgIpc) is 3.02. The molecule has 110 valence electrons. The van der Waals surface area contributed by atoms with Crippen LogP contribution in [0.5, 0.6) is 0 Å². The number of rotatable bonds is 3. The van der Waals surface area contributed by atoms with Crippen LogP contribution in [0.4, 0.5) is 5.69 Å². The third-order valence-electron chi connectivity index (χ3n) is 3.87. The number of benzene rings is 1.